The lowest BCUT2D eigenvalue weighted by molar-refractivity contribution is 0.0954. The molecular weight excluding hydrogens is 262 g/mol. The molecule has 0 aliphatic rings. The summed E-state index contributed by atoms with van der Waals surface area (Å²) >= 11 is 0. The summed E-state index contributed by atoms with van der Waals surface area (Å²) in [7, 11) is 0. The molecule has 0 aliphatic heterocycles. The van der Waals surface area contributed by atoms with Crippen molar-refractivity contribution in [1.82, 2.24) is 14.9 Å². The Hall–Kier alpha value is -2.10. The van der Waals surface area contributed by atoms with E-state index in [2.05, 4.69) is 35.6 Å². The molecule has 0 bridgehead atoms. The molecule has 0 unspecified atom stereocenters. The lowest BCUT2D eigenvalue weighted by Gasteiger charge is -2.14. The normalized spacial score (nSPS) is 10.9. The Labute approximate surface area is 126 Å². The first-order valence-corrected chi connectivity index (χ1v) is 7.36. The molecule has 2 rings (SSSR count). The standard InChI is InChI=1S/C17H23N3O/c1-12(2)20-14(4)11-19-16(20)8-9-18-17(21)15-7-5-6-13(3)10-15/h5-7,10-12H,8-9H2,1-4H3,(H,18,21). The molecule has 1 N–H and O–H groups in total. The van der Waals surface area contributed by atoms with Gasteiger partial charge in [0, 0.05) is 36.5 Å². The van der Waals surface area contributed by atoms with Crippen molar-refractivity contribution in [2.45, 2.75) is 40.2 Å². The predicted molar refractivity (Wildman–Crippen MR) is 84.6 cm³/mol. The highest BCUT2D eigenvalue weighted by atomic mass is 16.1. The van der Waals surface area contributed by atoms with Gasteiger partial charge in [0.15, 0.2) is 0 Å². The quantitative estimate of drug-likeness (QED) is 0.917. The minimum atomic E-state index is -0.0296. The molecule has 0 saturated heterocycles. The van der Waals surface area contributed by atoms with Gasteiger partial charge in [-0.3, -0.25) is 4.79 Å². The summed E-state index contributed by atoms with van der Waals surface area (Å²) in [4.78, 5) is 16.5. The van der Waals surface area contributed by atoms with Crippen molar-refractivity contribution < 1.29 is 4.79 Å². The minimum Gasteiger partial charge on any atom is -0.352 e. The lowest BCUT2D eigenvalue weighted by Crippen LogP contribution is -2.26. The van der Waals surface area contributed by atoms with E-state index in [-0.39, 0.29) is 5.91 Å². The lowest BCUT2D eigenvalue weighted by atomic mass is 10.1. The zero-order valence-corrected chi connectivity index (χ0v) is 13.2. The first-order chi connectivity index (χ1) is 9.99. The Balaban J connectivity index is 1.94. The van der Waals surface area contributed by atoms with Gasteiger partial charge in [0.1, 0.15) is 5.82 Å². The molecule has 2 aromatic rings. The van der Waals surface area contributed by atoms with Crippen molar-refractivity contribution >= 4 is 5.91 Å². The number of nitrogens with zero attached hydrogens (tertiary/aromatic N) is 2. The highest BCUT2D eigenvalue weighted by Crippen LogP contribution is 2.13. The zero-order chi connectivity index (χ0) is 15.4. The van der Waals surface area contributed by atoms with Gasteiger partial charge in [0.2, 0.25) is 0 Å². The van der Waals surface area contributed by atoms with E-state index in [1.165, 1.54) is 0 Å². The smallest absolute Gasteiger partial charge is 0.251 e. The number of benzene rings is 1. The predicted octanol–water partition coefficient (Wildman–Crippen LogP) is 3.05. The summed E-state index contributed by atoms with van der Waals surface area (Å²) in [6.45, 7) is 8.92. The Kier molecular flexibility index (Phi) is 4.78. The van der Waals surface area contributed by atoms with Crippen molar-refractivity contribution in [3.63, 3.8) is 0 Å². The van der Waals surface area contributed by atoms with Crippen molar-refractivity contribution in [3.05, 3.63) is 53.1 Å². The maximum absolute atomic E-state index is 12.1. The fraction of sp³-hybridized carbons (Fsp3) is 0.412. The number of hydrogen-bond donors (Lipinski definition) is 1. The molecule has 21 heavy (non-hydrogen) atoms. The second kappa shape index (κ2) is 6.57. The highest BCUT2D eigenvalue weighted by Gasteiger charge is 2.10. The highest BCUT2D eigenvalue weighted by molar-refractivity contribution is 5.94. The van der Waals surface area contributed by atoms with E-state index < -0.39 is 0 Å². The average Bonchev–Trinajstić information content (AvgIpc) is 2.80. The number of nitrogens with one attached hydrogen (secondary N) is 1. The van der Waals surface area contributed by atoms with E-state index in [0.29, 0.717) is 18.2 Å². The monoisotopic (exact) mass is 285 g/mol. The van der Waals surface area contributed by atoms with Crippen molar-refractivity contribution in [1.29, 1.82) is 0 Å². The van der Waals surface area contributed by atoms with Crippen molar-refractivity contribution in [2.24, 2.45) is 0 Å². The van der Waals surface area contributed by atoms with Crippen molar-refractivity contribution in [3.8, 4) is 0 Å². The van der Waals surface area contributed by atoms with Gasteiger partial charge in [-0.15, -0.1) is 0 Å². The number of carbonyl (C=O) groups excluding carboxylic acids is 1. The van der Waals surface area contributed by atoms with Crippen molar-refractivity contribution in [2.75, 3.05) is 6.54 Å². The van der Waals surface area contributed by atoms with E-state index in [1.54, 1.807) is 0 Å². The molecule has 0 radical (unpaired) electrons. The van der Waals surface area contributed by atoms with E-state index >= 15 is 0 Å². The van der Waals surface area contributed by atoms with Gasteiger partial charge in [-0.2, -0.15) is 0 Å². The summed E-state index contributed by atoms with van der Waals surface area (Å²) in [6.07, 6.45) is 2.63. The van der Waals surface area contributed by atoms with Gasteiger partial charge < -0.3 is 9.88 Å². The van der Waals surface area contributed by atoms with Gasteiger partial charge in [-0.05, 0) is 39.8 Å². The Morgan fingerprint density at radius 3 is 2.76 bits per heavy atom. The van der Waals surface area contributed by atoms with Crippen LogP contribution >= 0.6 is 0 Å². The Bertz CT molecular complexity index is 629. The summed E-state index contributed by atoms with van der Waals surface area (Å²) in [5.41, 5.74) is 2.96. The van der Waals surface area contributed by atoms with Gasteiger partial charge >= 0.3 is 0 Å². The first kappa shape index (κ1) is 15.3. The summed E-state index contributed by atoms with van der Waals surface area (Å²) in [5.74, 6) is 0.991. The fourth-order valence-electron chi connectivity index (χ4n) is 2.56. The van der Waals surface area contributed by atoms with Crippen LogP contribution in [-0.4, -0.2) is 22.0 Å². The molecule has 1 aromatic carbocycles. The number of amides is 1. The maximum Gasteiger partial charge on any atom is 0.251 e. The molecule has 1 amide bonds. The SMILES string of the molecule is Cc1cccc(C(=O)NCCc2ncc(C)n2C(C)C)c1. The number of aryl methyl sites for hydroxylation is 2. The summed E-state index contributed by atoms with van der Waals surface area (Å²) in [6, 6.07) is 8.00. The van der Waals surface area contributed by atoms with Crippen LogP contribution in [0.3, 0.4) is 0 Å². The molecule has 0 saturated carbocycles. The minimum absolute atomic E-state index is 0.0296. The molecule has 1 heterocycles. The van der Waals surface area contributed by atoms with Crippen LogP contribution in [0.1, 0.15) is 47.3 Å². The van der Waals surface area contributed by atoms with E-state index in [4.69, 9.17) is 0 Å². The third-order valence-corrected chi connectivity index (χ3v) is 3.49. The number of hydrogen-bond acceptors (Lipinski definition) is 2. The van der Waals surface area contributed by atoms with Crippen LogP contribution in [0.15, 0.2) is 30.5 Å². The average molecular weight is 285 g/mol. The second-order valence-electron chi connectivity index (χ2n) is 5.65. The zero-order valence-electron chi connectivity index (χ0n) is 13.2. The molecule has 0 spiro atoms. The van der Waals surface area contributed by atoms with Crippen LogP contribution in [0.25, 0.3) is 0 Å². The largest absolute Gasteiger partial charge is 0.352 e. The van der Waals surface area contributed by atoms with Crippen LogP contribution < -0.4 is 5.32 Å². The molecule has 4 heteroatoms. The van der Waals surface area contributed by atoms with Crippen LogP contribution in [0.5, 0.6) is 0 Å². The third-order valence-electron chi connectivity index (χ3n) is 3.49. The fourth-order valence-corrected chi connectivity index (χ4v) is 2.56. The number of aromatic nitrogens is 2. The molecule has 4 nitrogen and oxygen atoms in total. The van der Waals surface area contributed by atoms with Crippen LogP contribution in [0.2, 0.25) is 0 Å². The van der Waals surface area contributed by atoms with Crippen LogP contribution in [-0.2, 0) is 6.42 Å². The first-order valence-electron chi connectivity index (χ1n) is 7.36. The summed E-state index contributed by atoms with van der Waals surface area (Å²) < 4.78 is 2.21. The van der Waals surface area contributed by atoms with Gasteiger partial charge in [0.25, 0.3) is 5.91 Å². The molecule has 1 aromatic heterocycles. The van der Waals surface area contributed by atoms with Gasteiger partial charge in [0.05, 0.1) is 0 Å². The molecular formula is C17H23N3O. The molecule has 112 valence electrons. The van der Waals surface area contributed by atoms with E-state index in [9.17, 15) is 4.79 Å². The van der Waals surface area contributed by atoms with Gasteiger partial charge in [-0.1, -0.05) is 17.7 Å². The molecule has 0 aliphatic carbocycles. The topological polar surface area (TPSA) is 46.9 Å². The van der Waals surface area contributed by atoms with Gasteiger partial charge in [-0.25, -0.2) is 4.98 Å². The van der Waals surface area contributed by atoms with Crippen LogP contribution in [0, 0.1) is 13.8 Å². The molecule has 0 atom stereocenters. The third kappa shape index (κ3) is 3.72. The number of imidazole rings is 1. The van der Waals surface area contributed by atoms with E-state index in [1.807, 2.05) is 37.4 Å². The molecule has 0 fully saturated rings. The van der Waals surface area contributed by atoms with Crippen LogP contribution in [0.4, 0.5) is 0 Å². The Morgan fingerprint density at radius 2 is 2.10 bits per heavy atom. The summed E-state index contributed by atoms with van der Waals surface area (Å²) in [5, 5.41) is 2.96. The van der Waals surface area contributed by atoms with E-state index in [0.717, 1.165) is 23.5 Å². The maximum atomic E-state index is 12.1. The number of rotatable bonds is 5. The Morgan fingerprint density at radius 1 is 1.33 bits per heavy atom. The second-order valence-corrected chi connectivity index (χ2v) is 5.65. The number of carbonyl (C=O) groups is 1.